The Labute approximate surface area is 157 Å². The molecule has 1 N–H and O–H groups in total. The Bertz CT molecular complexity index is 835. The monoisotopic (exact) mass is 371 g/mol. The number of likely N-dealkylation sites (tertiary alicyclic amines) is 1. The van der Waals surface area contributed by atoms with Gasteiger partial charge in [0, 0.05) is 37.7 Å². The zero-order valence-electron chi connectivity index (χ0n) is 15.3. The molecule has 0 atom stereocenters. The molecule has 1 aromatic heterocycles. The first kappa shape index (κ1) is 17.8. The number of nitrogens with zero attached hydrogens (tertiary/aromatic N) is 3. The van der Waals surface area contributed by atoms with Gasteiger partial charge in [-0.15, -0.1) is 0 Å². The number of aromatic nitrogens is 2. The standard InChI is InChI=1S/C20H25N3O4/c24-19(11-14-1-2-14)22-8-5-16(6-9-22)27-17-3-4-18-15(12-17)13-21-23(18)10-7-20(25)26/h3-4,12-14,16H,1-2,5-11H2,(H,25,26). The van der Waals surface area contributed by atoms with Crippen LogP contribution in [0.5, 0.6) is 5.75 Å². The van der Waals surface area contributed by atoms with E-state index < -0.39 is 5.97 Å². The van der Waals surface area contributed by atoms with Gasteiger partial charge >= 0.3 is 5.97 Å². The van der Waals surface area contributed by atoms with E-state index in [9.17, 15) is 9.59 Å². The molecule has 0 unspecified atom stereocenters. The van der Waals surface area contributed by atoms with E-state index in [1.807, 2.05) is 23.1 Å². The highest BCUT2D eigenvalue weighted by Gasteiger charge is 2.29. The van der Waals surface area contributed by atoms with Gasteiger partial charge in [0.15, 0.2) is 0 Å². The molecule has 1 saturated heterocycles. The predicted octanol–water partition coefficient (Wildman–Crippen LogP) is 2.68. The normalized spacial score (nSPS) is 18.0. The van der Waals surface area contributed by atoms with Crippen molar-refractivity contribution in [1.29, 1.82) is 0 Å². The third kappa shape index (κ3) is 4.40. The Hall–Kier alpha value is -2.57. The average molecular weight is 371 g/mol. The van der Waals surface area contributed by atoms with Crippen LogP contribution >= 0.6 is 0 Å². The van der Waals surface area contributed by atoms with E-state index in [4.69, 9.17) is 9.84 Å². The fourth-order valence-corrected chi connectivity index (χ4v) is 3.63. The van der Waals surface area contributed by atoms with Gasteiger partial charge in [0.1, 0.15) is 11.9 Å². The summed E-state index contributed by atoms with van der Waals surface area (Å²) in [5.74, 6) is 0.893. The van der Waals surface area contributed by atoms with Crippen molar-refractivity contribution in [2.75, 3.05) is 13.1 Å². The van der Waals surface area contributed by atoms with Crippen molar-refractivity contribution in [3.63, 3.8) is 0 Å². The summed E-state index contributed by atoms with van der Waals surface area (Å²) in [7, 11) is 0. The summed E-state index contributed by atoms with van der Waals surface area (Å²) in [5.41, 5.74) is 0.907. The van der Waals surface area contributed by atoms with Gasteiger partial charge < -0.3 is 14.7 Å². The van der Waals surface area contributed by atoms with Crippen molar-refractivity contribution < 1.29 is 19.4 Å². The molecule has 1 aliphatic heterocycles. The lowest BCUT2D eigenvalue weighted by Crippen LogP contribution is -2.41. The van der Waals surface area contributed by atoms with Crippen LogP contribution < -0.4 is 4.74 Å². The third-order valence-corrected chi connectivity index (χ3v) is 5.41. The van der Waals surface area contributed by atoms with Gasteiger partial charge in [-0.2, -0.15) is 5.10 Å². The Morgan fingerprint density at radius 2 is 1.96 bits per heavy atom. The number of carboxylic acid groups (broad SMARTS) is 1. The highest BCUT2D eigenvalue weighted by Crippen LogP contribution is 2.33. The van der Waals surface area contributed by atoms with Crippen LogP contribution in [0.25, 0.3) is 10.9 Å². The molecule has 1 aromatic carbocycles. The van der Waals surface area contributed by atoms with Crippen molar-refractivity contribution in [1.82, 2.24) is 14.7 Å². The number of fused-ring (bicyclic) bond motifs is 1. The molecule has 1 aliphatic carbocycles. The van der Waals surface area contributed by atoms with Crippen LogP contribution in [0.1, 0.15) is 38.5 Å². The van der Waals surface area contributed by atoms with Crippen molar-refractivity contribution in [3.05, 3.63) is 24.4 Å². The summed E-state index contributed by atoms with van der Waals surface area (Å²) in [4.78, 5) is 24.9. The van der Waals surface area contributed by atoms with E-state index in [0.29, 0.717) is 24.8 Å². The van der Waals surface area contributed by atoms with E-state index in [1.54, 1.807) is 10.9 Å². The predicted molar refractivity (Wildman–Crippen MR) is 99.6 cm³/mol. The number of rotatable bonds is 7. The first-order valence-electron chi connectivity index (χ1n) is 9.70. The van der Waals surface area contributed by atoms with E-state index >= 15 is 0 Å². The second-order valence-corrected chi connectivity index (χ2v) is 7.58. The maximum Gasteiger partial charge on any atom is 0.305 e. The number of carboxylic acids is 1. The van der Waals surface area contributed by atoms with E-state index in [-0.39, 0.29) is 12.5 Å². The molecule has 27 heavy (non-hydrogen) atoms. The molecular weight excluding hydrogens is 346 g/mol. The van der Waals surface area contributed by atoms with Gasteiger partial charge in [-0.3, -0.25) is 14.3 Å². The van der Waals surface area contributed by atoms with Gasteiger partial charge in [0.25, 0.3) is 0 Å². The molecule has 7 nitrogen and oxygen atoms in total. The smallest absolute Gasteiger partial charge is 0.305 e. The fourth-order valence-electron chi connectivity index (χ4n) is 3.63. The first-order chi connectivity index (χ1) is 13.1. The topological polar surface area (TPSA) is 84.7 Å². The van der Waals surface area contributed by atoms with Crippen molar-refractivity contribution in [2.24, 2.45) is 5.92 Å². The zero-order valence-corrected chi connectivity index (χ0v) is 15.3. The molecular formula is C20H25N3O4. The minimum atomic E-state index is -0.833. The lowest BCUT2D eigenvalue weighted by Gasteiger charge is -2.32. The SMILES string of the molecule is O=C(O)CCn1ncc2cc(OC3CCN(C(=O)CC4CC4)CC3)ccc21. The molecule has 0 spiro atoms. The summed E-state index contributed by atoms with van der Waals surface area (Å²) < 4.78 is 7.83. The van der Waals surface area contributed by atoms with Crippen LogP contribution in [0.4, 0.5) is 0 Å². The van der Waals surface area contributed by atoms with Crippen molar-refractivity contribution in [2.45, 2.75) is 51.2 Å². The van der Waals surface area contributed by atoms with Gasteiger partial charge in [-0.05, 0) is 37.0 Å². The van der Waals surface area contributed by atoms with Crippen molar-refractivity contribution in [3.8, 4) is 5.75 Å². The highest BCUT2D eigenvalue weighted by atomic mass is 16.5. The van der Waals surface area contributed by atoms with Crippen LogP contribution in [0.3, 0.4) is 0 Å². The van der Waals surface area contributed by atoms with Gasteiger partial charge in [-0.25, -0.2) is 0 Å². The average Bonchev–Trinajstić information content (AvgIpc) is 3.38. The Morgan fingerprint density at radius 3 is 2.67 bits per heavy atom. The Morgan fingerprint density at radius 1 is 1.19 bits per heavy atom. The zero-order chi connectivity index (χ0) is 18.8. The molecule has 144 valence electrons. The number of hydrogen-bond donors (Lipinski definition) is 1. The molecule has 2 aromatic rings. The fraction of sp³-hybridized carbons (Fsp3) is 0.550. The largest absolute Gasteiger partial charge is 0.490 e. The number of amides is 1. The summed E-state index contributed by atoms with van der Waals surface area (Å²) in [6.07, 6.45) is 6.75. The van der Waals surface area contributed by atoms with Gasteiger partial charge in [0.05, 0.1) is 24.7 Å². The van der Waals surface area contributed by atoms with Gasteiger partial charge in [0.2, 0.25) is 5.91 Å². The lowest BCUT2D eigenvalue weighted by atomic mass is 10.1. The minimum absolute atomic E-state index is 0.0487. The van der Waals surface area contributed by atoms with Crippen molar-refractivity contribution >= 4 is 22.8 Å². The molecule has 1 saturated carbocycles. The second kappa shape index (κ2) is 7.58. The van der Waals surface area contributed by atoms with E-state index in [2.05, 4.69) is 5.10 Å². The molecule has 0 bridgehead atoms. The minimum Gasteiger partial charge on any atom is -0.490 e. The highest BCUT2D eigenvalue weighted by molar-refractivity contribution is 5.80. The quantitative estimate of drug-likeness (QED) is 0.809. The maximum atomic E-state index is 12.2. The molecule has 2 aliphatic rings. The molecule has 2 fully saturated rings. The lowest BCUT2D eigenvalue weighted by molar-refractivity contribution is -0.137. The number of ether oxygens (including phenoxy) is 1. The molecule has 4 rings (SSSR count). The van der Waals surface area contributed by atoms with Gasteiger partial charge in [-0.1, -0.05) is 0 Å². The summed E-state index contributed by atoms with van der Waals surface area (Å²) in [5, 5.41) is 14.0. The number of carbonyl (C=O) groups is 2. The van der Waals surface area contributed by atoms with Crippen LogP contribution in [0.15, 0.2) is 24.4 Å². The Balaban J connectivity index is 1.32. The third-order valence-electron chi connectivity index (χ3n) is 5.41. The second-order valence-electron chi connectivity index (χ2n) is 7.58. The molecule has 7 heteroatoms. The van der Waals surface area contributed by atoms with Crippen LogP contribution in [-0.4, -0.2) is 50.9 Å². The van der Waals surface area contributed by atoms with Crippen LogP contribution in [0.2, 0.25) is 0 Å². The Kier molecular flexibility index (Phi) is 5.01. The number of carbonyl (C=O) groups excluding carboxylic acids is 1. The molecule has 0 radical (unpaired) electrons. The molecule has 2 heterocycles. The number of benzene rings is 1. The van der Waals surface area contributed by atoms with E-state index in [1.165, 1.54) is 12.8 Å². The van der Waals surface area contributed by atoms with E-state index in [0.717, 1.165) is 42.6 Å². The first-order valence-corrected chi connectivity index (χ1v) is 9.70. The number of aliphatic carboxylic acids is 1. The number of aryl methyl sites for hydroxylation is 1. The molecule has 1 amide bonds. The summed E-state index contributed by atoms with van der Waals surface area (Å²) in [6.45, 7) is 1.89. The number of piperidine rings is 1. The summed E-state index contributed by atoms with van der Waals surface area (Å²) >= 11 is 0. The maximum absolute atomic E-state index is 12.2. The van der Waals surface area contributed by atoms with Crippen LogP contribution in [0, 0.1) is 5.92 Å². The summed E-state index contributed by atoms with van der Waals surface area (Å²) in [6, 6.07) is 5.78. The number of hydrogen-bond acceptors (Lipinski definition) is 4. The van der Waals surface area contributed by atoms with Crippen LogP contribution in [-0.2, 0) is 16.1 Å².